The number of aromatic nitrogens is 2. The molecule has 180 valence electrons. The van der Waals surface area contributed by atoms with Gasteiger partial charge in [0.1, 0.15) is 10.1 Å². The van der Waals surface area contributed by atoms with Gasteiger partial charge in [0.15, 0.2) is 0 Å². The first-order chi connectivity index (χ1) is 17.0. The predicted molar refractivity (Wildman–Crippen MR) is 144 cm³/mol. The highest BCUT2D eigenvalue weighted by molar-refractivity contribution is 8.26. The van der Waals surface area contributed by atoms with Crippen LogP contribution in [0.4, 0.5) is 0 Å². The number of para-hydroxylation sites is 1. The summed E-state index contributed by atoms with van der Waals surface area (Å²) >= 11 is 6.87. The summed E-state index contributed by atoms with van der Waals surface area (Å²) in [6, 6.07) is 17.8. The molecule has 2 aliphatic rings. The smallest absolute Gasteiger partial charge is 0.266 e. The minimum absolute atomic E-state index is 0.0554. The Hall–Kier alpha value is -2.94. The van der Waals surface area contributed by atoms with E-state index in [1.807, 2.05) is 85.4 Å². The molecule has 1 unspecified atom stereocenters. The third-order valence-electron chi connectivity index (χ3n) is 5.83. The molecule has 0 aliphatic carbocycles. The van der Waals surface area contributed by atoms with Crippen LogP contribution in [-0.2, 0) is 9.53 Å². The van der Waals surface area contributed by atoms with Crippen molar-refractivity contribution in [1.29, 1.82) is 0 Å². The van der Waals surface area contributed by atoms with Crippen LogP contribution < -0.4 is 4.74 Å². The van der Waals surface area contributed by atoms with E-state index in [-0.39, 0.29) is 18.1 Å². The predicted octanol–water partition coefficient (Wildman–Crippen LogP) is 5.71. The highest BCUT2D eigenvalue weighted by atomic mass is 32.2. The molecule has 1 atom stereocenters. The van der Waals surface area contributed by atoms with Crippen molar-refractivity contribution < 1.29 is 14.3 Å². The summed E-state index contributed by atoms with van der Waals surface area (Å²) in [4.78, 5) is 15.5. The number of benzene rings is 2. The van der Waals surface area contributed by atoms with Gasteiger partial charge in [0, 0.05) is 23.9 Å². The van der Waals surface area contributed by atoms with Crippen LogP contribution in [0.25, 0.3) is 23.0 Å². The maximum absolute atomic E-state index is 13.2. The standard InChI is InChI=1S/C27H27N3O3S2/c1-18(2)33-22-12-10-19(11-13-22)25-20(16-30(28-25)21-7-4-3-5-8-21)15-24-26(31)29(27(34)35-24)17-23-9-6-14-32-23/h3-5,7-8,10-13,15-16,18,23H,6,9,14,17H2,1-2H3/b24-15-. The Morgan fingerprint density at radius 3 is 2.66 bits per heavy atom. The van der Waals surface area contributed by atoms with E-state index in [1.165, 1.54) is 11.8 Å². The summed E-state index contributed by atoms with van der Waals surface area (Å²) in [5, 5.41) is 4.87. The summed E-state index contributed by atoms with van der Waals surface area (Å²) in [5.41, 5.74) is 3.52. The van der Waals surface area contributed by atoms with Crippen LogP contribution in [0.2, 0.25) is 0 Å². The first-order valence-corrected chi connectivity index (χ1v) is 13.0. The van der Waals surface area contributed by atoms with Crippen LogP contribution >= 0.6 is 24.0 Å². The molecule has 35 heavy (non-hydrogen) atoms. The number of ether oxygens (including phenoxy) is 2. The molecule has 0 bridgehead atoms. The van der Waals surface area contributed by atoms with Gasteiger partial charge in [0.2, 0.25) is 0 Å². The molecule has 6 nitrogen and oxygen atoms in total. The van der Waals surface area contributed by atoms with Gasteiger partial charge in [0.05, 0.1) is 35.0 Å². The lowest BCUT2D eigenvalue weighted by atomic mass is 10.1. The van der Waals surface area contributed by atoms with Crippen molar-refractivity contribution in [3.63, 3.8) is 0 Å². The molecule has 0 N–H and O–H groups in total. The van der Waals surface area contributed by atoms with Crippen LogP contribution in [0, 0.1) is 0 Å². The average molecular weight is 506 g/mol. The Balaban J connectivity index is 1.49. The normalized spacial score (nSPS) is 19.3. The van der Waals surface area contributed by atoms with E-state index in [4.69, 9.17) is 26.8 Å². The third kappa shape index (κ3) is 5.34. The highest BCUT2D eigenvalue weighted by Crippen LogP contribution is 2.36. The Morgan fingerprint density at radius 1 is 1.20 bits per heavy atom. The molecule has 3 aromatic rings. The summed E-state index contributed by atoms with van der Waals surface area (Å²) in [5.74, 6) is 0.734. The van der Waals surface area contributed by atoms with E-state index >= 15 is 0 Å². The Morgan fingerprint density at radius 2 is 1.97 bits per heavy atom. The van der Waals surface area contributed by atoms with Crippen LogP contribution in [0.15, 0.2) is 65.7 Å². The molecule has 3 heterocycles. The lowest BCUT2D eigenvalue weighted by Gasteiger charge is -2.18. The summed E-state index contributed by atoms with van der Waals surface area (Å²) in [7, 11) is 0. The molecule has 5 rings (SSSR count). The molecule has 8 heteroatoms. The van der Waals surface area contributed by atoms with Gasteiger partial charge in [-0.1, -0.05) is 42.2 Å². The third-order valence-corrected chi connectivity index (χ3v) is 7.21. The monoisotopic (exact) mass is 505 g/mol. The lowest BCUT2D eigenvalue weighted by Crippen LogP contribution is -2.35. The zero-order valence-electron chi connectivity index (χ0n) is 19.7. The zero-order chi connectivity index (χ0) is 24.4. The molecule has 2 aromatic carbocycles. The van der Waals surface area contributed by atoms with Gasteiger partial charge in [0.25, 0.3) is 5.91 Å². The fourth-order valence-corrected chi connectivity index (χ4v) is 5.45. The van der Waals surface area contributed by atoms with E-state index in [2.05, 4.69) is 0 Å². The largest absolute Gasteiger partial charge is 0.491 e. The molecule has 1 aromatic heterocycles. The Kier molecular flexibility index (Phi) is 7.04. The van der Waals surface area contributed by atoms with Crippen molar-refractivity contribution in [1.82, 2.24) is 14.7 Å². The van der Waals surface area contributed by atoms with Crippen molar-refractivity contribution in [2.24, 2.45) is 0 Å². The topological polar surface area (TPSA) is 56.6 Å². The van der Waals surface area contributed by atoms with E-state index in [0.717, 1.165) is 47.7 Å². The molecule has 0 saturated carbocycles. The maximum Gasteiger partial charge on any atom is 0.266 e. The zero-order valence-corrected chi connectivity index (χ0v) is 21.3. The van der Waals surface area contributed by atoms with Crippen LogP contribution in [-0.4, -0.2) is 50.3 Å². The second-order valence-electron chi connectivity index (χ2n) is 8.83. The van der Waals surface area contributed by atoms with E-state index in [1.54, 1.807) is 4.90 Å². The van der Waals surface area contributed by atoms with Crippen molar-refractivity contribution in [2.45, 2.75) is 38.9 Å². The second-order valence-corrected chi connectivity index (χ2v) is 10.5. The average Bonchev–Trinajstić information content (AvgIpc) is 3.57. The number of carbonyl (C=O) groups excluding carboxylic acids is 1. The highest BCUT2D eigenvalue weighted by Gasteiger charge is 2.35. The van der Waals surface area contributed by atoms with Crippen LogP contribution in [0.3, 0.4) is 0 Å². The first kappa shape index (κ1) is 23.8. The van der Waals surface area contributed by atoms with Gasteiger partial charge in [-0.3, -0.25) is 9.69 Å². The number of carbonyl (C=O) groups is 1. The maximum atomic E-state index is 13.2. The van der Waals surface area contributed by atoms with Gasteiger partial charge >= 0.3 is 0 Å². The van der Waals surface area contributed by atoms with Gasteiger partial charge in [-0.15, -0.1) is 0 Å². The number of thioether (sulfide) groups is 1. The molecule has 1 amide bonds. The van der Waals surface area contributed by atoms with Crippen LogP contribution in [0.5, 0.6) is 5.75 Å². The Bertz CT molecular complexity index is 1250. The number of thiocarbonyl (C=S) groups is 1. The minimum atomic E-state index is -0.0745. The summed E-state index contributed by atoms with van der Waals surface area (Å²) in [6.07, 6.45) is 5.99. The fraction of sp³-hybridized carbons (Fsp3) is 0.296. The van der Waals surface area contributed by atoms with Gasteiger partial charge in [-0.25, -0.2) is 4.68 Å². The van der Waals surface area contributed by atoms with Gasteiger partial charge in [-0.2, -0.15) is 5.10 Å². The molecular weight excluding hydrogens is 478 g/mol. The molecule has 0 radical (unpaired) electrons. The lowest BCUT2D eigenvalue weighted by molar-refractivity contribution is -0.123. The van der Waals surface area contributed by atoms with Crippen molar-refractivity contribution in [2.75, 3.05) is 13.2 Å². The number of nitrogens with zero attached hydrogens (tertiary/aromatic N) is 3. The van der Waals surface area contributed by atoms with Crippen molar-refractivity contribution in [3.05, 3.63) is 71.3 Å². The minimum Gasteiger partial charge on any atom is -0.491 e. The fourth-order valence-electron chi connectivity index (χ4n) is 4.18. The number of amides is 1. The van der Waals surface area contributed by atoms with E-state index in [9.17, 15) is 4.79 Å². The quantitative estimate of drug-likeness (QED) is 0.303. The van der Waals surface area contributed by atoms with Gasteiger partial charge < -0.3 is 9.47 Å². The number of hydrogen-bond acceptors (Lipinski definition) is 6. The van der Waals surface area contributed by atoms with E-state index < -0.39 is 0 Å². The van der Waals surface area contributed by atoms with Crippen LogP contribution in [0.1, 0.15) is 32.3 Å². The molecule has 0 spiro atoms. The Labute approximate surface area is 214 Å². The van der Waals surface area contributed by atoms with Crippen molar-refractivity contribution >= 4 is 40.3 Å². The molecule has 2 saturated heterocycles. The summed E-state index contributed by atoms with van der Waals surface area (Å²) < 4.78 is 13.9. The van der Waals surface area contributed by atoms with E-state index in [0.29, 0.717) is 15.8 Å². The SMILES string of the molecule is CC(C)Oc1ccc(-c2nn(-c3ccccc3)cc2/C=C2\SC(=S)N(CC3CCCO3)C2=O)cc1. The molecule has 2 aliphatic heterocycles. The second kappa shape index (κ2) is 10.4. The molecule has 2 fully saturated rings. The first-order valence-electron chi connectivity index (χ1n) is 11.8. The number of hydrogen-bond donors (Lipinski definition) is 0. The molecular formula is C27H27N3O3S2. The van der Waals surface area contributed by atoms with Gasteiger partial charge in [-0.05, 0) is 69.2 Å². The number of rotatable bonds is 7. The van der Waals surface area contributed by atoms with Crippen molar-refractivity contribution in [3.8, 4) is 22.7 Å². The summed E-state index contributed by atoms with van der Waals surface area (Å²) in [6.45, 7) is 5.26.